The van der Waals surface area contributed by atoms with Crippen LogP contribution in [0.3, 0.4) is 0 Å². The largest absolute Gasteiger partial charge is 0.326 e. The van der Waals surface area contributed by atoms with Gasteiger partial charge in [0, 0.05) is 19.1 Å². The van der Waals surface area contributed by atoms with Crippen molar-refractivity contribution in [2.75, 3.05) is 6.54 Å². The van der Waals surface area contributed by atoms with Gasteiger partial charge in [-0.25, -0.2) is 0 Å². The van der Waals surface area contributed by atoms with Crippen LogP contribution in [0.2, 0.25) is 0 Å². The highest BCUT2D eigenvalue weighted by Crippen LogP contribution is 2.22. The molecular formula is C14H22N2. The smallest absolute Gasteiger partial charge is 0.0236 e. The van der Waals surface area contributed by atoms with E-state index in [1.807, 2.05) is 0 Å². The molecule has 1 heterocycles. The Morgan fingerprint density at radius 3 is 2.94 bits per heavy atom. The summed E-state index contributed by atoms with van der Waals surface area (Å²) in [6.45, 7) is 5.28. The summed E-state index contributed by atoms with van der Waals surface area (Å²) in [5.41, 5.74) is 8.31. The van der Waals surface area contributed by atoms with Crippen LogP contribution in [0.5, 0.6) is 0 Å². The molecule has 2 nitrogen and oxygen atoms in total. The molecule has 1 aliphatic rings. The summed E-state index contributed by atoms with van der Waals surface area (Å²) in [6.07, 6.45) is 4.00. The minimum Gasteiger partial charge on any atom is -0.326 e. The van der Waals surface area contributed by atoms with Gasteiger partial charge in [0.1, 0.15) is 0 Å². The molecule has 0 radical (unpaired) electrons. The summed E-state index contributed by atoms with van der Waals surface area (Å²) in [5.74, 6) is 0. The Bertz CT molecular complexity index is 335. The van der Waals surface area contributed by atoms with E-state index in [0.29, 0.717) is 6.54 Å². The molecule has 2 heteroatoms. The fraction of sp³-hybridized carbons (Fsp3) is 0.571. The lowest BCUT2D eigenvalue weighted by atomic mass is 10.1. The molecule has 1 unspecified atom stereocenters. The molecule has 1 aliphatic heterocycles. The van der Waals surface area contributed by atoms with Gasteiger partial charge < -0.3 is 5.73 Å². The zero-order valence-electron chi connectivity index (χ0n) is 10.2. The van der Waals surface area contributed by atoms with E-state index in [-0.39, 0.29) is 0 Å². The van der Waals surface area contributed by atoms with Crippen molar-refractivity contribution < 1.29 is 0 Å². The quantitative estimate of drug-likeness (QED) is 0.841. The summed E-state index contributed by atoms with van der Waals surface area (Å²) < 4.78 is 0. The van der Waals surface area contributed by atoms with Crippen LogP contribution in [0, 0.1) is 0 Å². The van der Waals surface area contributed by atoms with Crippen LogP contribution in [0.4, 0.5) is 0 Å². The maximum atomic E-state index is 5.67. The van der Waals surface area contributed by atoms with Crippen molar-refractivity contribution in [3.8, 4) is 0 Å². The number of likely N-dealkylation sites (tertiary alicyclic amines) is 1. The van der Waals surface area contributed by atoms with E-state index in [4.69, 9.17) is 5.73 Å². The van der Waals surface area contributed by atoms with Gasteiger partial charge in [0.05, 0.1) is 0 Å². The van der Waals surface area contributed by atoms with Gasteiger partial charge in [0.15, 0.2) is 0 Å². The highest BCUT2D eigenvalue weighted by Gasteiger charge is 2.22. The molecule has 0 amide bonds. The first-order valence-electron chi connectivity index (χ1n) is 6.35. The highest BCUT2D eigenvalue weighted by atomic mass is 15.2. The van der Waals surface area contributed by atoms with Gasteiger partial charge in [0.2, 0.25) is 0 Å². The monoisotopic (exact) mass is 218 g/mol. The lowest BCUT2D eigenvalue weighted by molar-refractivity contribution is 0.240. The Labute approximate surface area is 98.4 Å². The second kappa shape index (κ2) is 5.46. The predicted molar refractivity (Wildman–Crippen MR) is 68.1 cm³/mol. The first kappa shape index (κ1) is 11.6. The van der Waals surface area contributed by atoms with Gasteiger partial charge in [-0.1, -0.05) is 31.2 Å². The third kappa shape index (κ3) is 2.63. The maximum absolute atomic E-state index is 5.67. The van der Waals surface area contributed by atoms with Crippen LogP contribution in [-0.4, -0.2) is 17.5 Å². The number of hydrogen-bond acceptors (Lipinski definition) is 2. The van der Waals surface area contributed by atoms with Gasteiger partial charge >= 0.3 is 0 Å². The third-order valence-electron chi connectivity index (χ3n) is 3.58. The molecule has 0 aliphatic carbocycles. The van der Waals surface area contributed by atoms with E-state index in [0.717, 1.165) is 12.6 Å². The zero-order chi connectivity index (χ0) is 11.4. The molecule has 1 aromatic rings. The number of rotatable bonds is 4. The van der Waals surface area contributed by atoms with Gasteiger partial charge in [-0.3, -0.25) is 4.90 Å². The molecule has 1 aromatic carbocycles. The minimum absolute atomic E-state index is 0.644. The Kier molecular flexibility index (Phi) is 3.97. The first-order chi connectivity index (χ1) is 7.83. The van der Waals surface area contributed by atoms with E-state index >= 15 is 0 Å². The van der Waals surface area contributed by atoms with Crippen LogP contribution in [0.1, 0.15) is 37.3 Å². The molecule has 1 fully saturated rings. The molecule has 2 rings (SSSR count). The zero-order valence-corrected chi connectivity index (χ0v) is 10.2. The van der Waals surface area contributed by atoms with E-state index < -0.39 is 0 Å². The van der Waals surface area contributed by atoms with Crippen LogP contribution < -0.4 is 5.73 Å². The molecular weight excluding hydrogens is 196 g/mol. The molecule has 88 valence electrons. The van der Waals surface area contributed by atoms with Crippen molar-refractivity contribution in [1.29, 1.82) is 0 Å². The van der Waals surface area contributed by atoms with Crippen LogP contribution >= 0.6 is 0 Å². The molecule has 1 atom stereocenters. The van der Waals surface area contributed by atoms with Gasteiger partial charge in [-0.2, -0.15) is 0 Å². The molecule has 0 aromatic heterocycles. The van der Waals surface area contributed by atoms with Crippen molar-refractivity contribution in [2.45, 2.75) is 45.3 Å². The Morgan fingerprint density at radius 2 is 2.19 bits per heavy atom. The molecule has 0 spiro atoms. The van der Waals surface area contributed by atoms with Gasteiger partial charge in [-0.15, -0.1) is 0 Å². The van der Waals surface area contributed by atoms with Gasteiger partial charge in [-0.05, 0) is 36.9 Å². The standard InChI is InChI=1S/C14H22N2/c1-2-14-7-4-8-16(14)11-13-6-3-5-12(9-13)10-15/h3,5-6,9,14H,2,4,7-8,10-11,15H2,1H3. The third-order valence-corrected chi connectivity index (χ3v) is 3.58. The van der Waals surface area contributed by atoms with E-state index in [9.17, 15) is 0 Å². The number of hydrogen-bond donors (Lipinski definition) is 1. The normalized spacial score (nSPS) is 21.5. The summed E-state index contributed by atoms with van der Waals surface area (Å²) in [6, 6.07) is 9.47. The van der Waals surface area contributed by atoms with Gasteiger partial charge in [0.25, 0.3) is 0 Å². The highest BCUT2D eigenvalue weighted by molar-refractivity contribution is 5.23. The fourth-order valence-corrected chi connectivity index (χ4v) is 2.66. The summed E-state index contributed by atoms with van der Waals surface area (Å²) in [7, 11) is 0. The molecule has 16 heavy (non-hydrogen) atoms. The van der Waals surface area contributed by atoms with E-state index in [2.05, 4.69) is 36.1 Å². The van der Waals surface area contributed by atoms with Crippen LogP contribution in [0.15, 0.2) is 24.3 Å². The number of nitrogens with zero attached hydrogens (tertiary/aromatic N) is 1. The predicted octanol–water partition coefficient (Wildman–Crippen LogP) is 2.52. The van der Waals surface area contributed by atoms with Crippen molar-refractivity contribution in [3.05, 3.63) is 35.4 Å². The van der Waals surface area contributed by atoms with Crippen molar-refractivity contribution in [3.63, 3.8) is 0 Å². The lowest BCUT2D eigenvalue weighted by Crippen LogP contribution is -2.28. The molecule has 1 saturated heterocycles. The van der Waals surface area contributed by atoms with E-state index in [1.54, 1.807) is 0 Å². The molecule has 0 bridgehead atoms. The average Bonchev–Trinajstić information content (AvgIpc) is 2.76. The van der Waals surface area contributed by atoms with Crippen LogP contribution in [-0.2, 0) is 13.1 Å². The first-order valence-corrected chi connectivity index (χ1v) is 6.35. The molecule has 0 saturated carbocycles. The SMILES string of the molecule is CCC1CCCN1Cc1cccc(CN)c1. The Hall–Kier alpha value is -0.860. The Morgan fingerprint density at radius 1 is 1.38 bits per heavy atom. The second-order valence-electron chi connectivity index (χ2n) is 4.70. The minimum atomic E-state index is 0.644. The summed E-state index contributed by atoms with van der Waals surface area (Å²) in [5, 5.41) is 0. The van der Waals surface area contributed by atoms with Crippen molar-refractivity contribution in [2.24, 2.45) is 5.73 Å². The average molecular weight is 218 g/mol. The number of benzene rings is 1. The maximum Gasteiger partial charge on any atom is 0.0236 e. The lowest BCUT2D eigenvalue weighted by Gasteiger charge is -2.23. The van der Waals surface area contributed by atoms with Crippen molar-refractivity contribution >= 4 is 0 Å². The second-order valence-corrected chi connectivity index (χ2v) is 4.70. The fourth-order valence-electron chi connectivity index (χ4n) is 2.66. The van der Waals surface area contributed by atoms with Crippen molar-refractivity contribution in [1.82, 2.24) is 4.90 Å². The summed E-state index contributed by atoms with van der Waals surface area (Å²) >= 11 is 0. The summed E-state index contributed by atoms with van der Waals surface area (Å²) in [4.78, 5) is 2.61. The van der Waals surface area contributed by atoms with E-state index in [1.165, 1.54) is 36.9 Å². The number of nitrogens with two attached hydrogens (primary N) is 1. The molecule has 2 N–H and O–H groups in total. The van der Waals surface area contributed by atoms with Crippen LogP contribution in [0.25, 0.3) is 0 Å². The Balaban J connectivity index is 2.02. The topological polar surface area (TPSA) is 29.3 Å².